The molecule has 176 valence electrons. The quantitative estimate of drug-likeness (QED) is 0.367. The van der Waals surface area contributed by atoms with Crippen LogP contribution in [0.25, 0.3) is 22.4 Å². The van der Waals surface area contributed by atoms with Crippen molar-refractivity contribution in [2.75, 3.05) is 37.9 Å². The minimum Gasteiger partial charge on any atom is -0.478 e. The Morgan fingerprint density at radius 3 is 2.67 bits per heavy atom. The maximum Gasteiger partial charge on any atom is 0.330 e. The molecule has 1 fully saturated rings. The maximum atomic E-state index is 14.9. The molecule has 9 nitrogen and oxygen atoms in total. The van der Waals surface area contributed by atoms with Crippen molar-refractivity contribution in [2.24, 2.45) is 7.05 Å². The van der Waals surface area contributed by atoms with Gasteiger partial charge in [0.25, 0.3) is 0 Å². The van der Waals surface area contributed by atoms with Crippen molar-refractivity contribution >= 4 is 11.5 Å². The van der Waals surface area contributed by atoms with Gasteiger partial charge in [-0.3, -0.25) is 9.13 Å². The van der Waals surface area contributed by atoms with Crippen molar-refractivity contribution in [3.05, 3.63) is 46.8 Å². The molecule has 0 atom stereocenters. The minimum atomic E-state index is -0.513. The van der Waals surface area contributed by atoms with Gasteiger partial charge in [-0.1, -0.05) is 0 Å². The number of ether oxygens (including phenoxy) is 2. The lowest BCUT2D eigenvalue weighted by atomic mass is 9.99. The predicted molar refractivity (Wildman–Crippen MR) is 123 cm³/mol. The van der Waals surface area contributed by atoms with E-state index in [-0.39, 0.29) is 35.4 Å². The summed E-state index contributed by atoms with van der Waals surface area (Å²) in [7, 11) is 1.61. The molecular formula is C23H28FN5O4. The highest BCUT2D eigenvalue weighted by atomic mass is 19.1. The molecule has 1 aliphatic heterocycles. The molecule has 0 radical (unpaired) electrons. The minimum absolute atomic E-state index is 0.0269. The molecule has 1 aromatic carbocycles. The van der Waals surface area contributed by atoms with Crippen molar-refractivity contribution in [3.63, 3.8) is 0 Å². The van der Waals surface area contributed by atoms with E-state index >= 15 is 0 Å². The number of aliphatic hydroxyl groups is 1. The lowest BCUT2D eigenvalue weighted by Gasteiger charge is -2.25. The molecule has 0 amide bonds. The van der Waals surface area contributed by atoms with Crippen LogP contribution in [0.5, 0.6) is 5.88 Å². The summed E-state index contributed by atoms with van der Waals surface area (Å²) < 4.78 is 28.9. The number of benzene rings is 1. The summed E-state index contributed by atoms with van der Waals surface area (Å²) in [6, 6.07) is 6.09. The van der Waals surface area contributed by atoms with Crippen LogP contribution in [0.1, 0.15) is 25.3 Å². The molecule has 0 aliphatic carbocycles. The number of anilines is 2. The number of nitrogens with two attached hydrogens (primary N) is 2. The van der Waals surface area contributed by atoms with Crippen LogP contribution in [0.3, 0.4) is 0 Å². The number of hydrogen-bond donors (Lipinski definition) is 3. The van der Waals surface area contributed by atoms with E-state index in [0.29, 0.717) is 61.8 Å². The smallest absolute Gasteiger partial charge is 0.330 e. The third-order valence-electron chi connectivity index (χ3n) is 5.89. The normalized spacial score (nSPS) is 14.5. The Kier molecular flexibility index (Phi) is 6.66. The van der Waals surface area contributed by atoms with Gasteiger partial charge in [0.2, 0.25) is 5.88 Å². The number of nitrogen functional groups attached to an aromatic ring is 2. The van der Waals surface area contributed by atoms with Gasteiger partial charge in [-0.2, -0.15) is 0 Å². The van der Waals surface area contributed by atoms with Crippen LogP contribution in [0.15, 0.2) is 35.3 Å². The summed E-state index contributed by atoms with van der Waals surface area (Å²) >= 11 is 0. The molecule has 2 aromatic heterocycles. The van der Waals surface area contributed by atoms with Crippen LogP contribution in [0, 0.1) is 5.82 Å². The predicted octanol–water partition coefficient (Wildman–Crippen LogP) is 2.33. The highest BCUT2D eigenvalue weighted by Gasteiger charge is 2.27. The van der Waals surface area contributed by atoms with Crippen LogP contribution in [0.2, 0.25) is 0 Å². The molecule has 0 saturated carbocycles. The Morgan fingerprint density at radius 2 is 2.00 bits per heavy atom. The SMILES string of the molecule is Cn1c(N)c(-c2cc(-c3ccc(OCCCO)nc3)c(F)cc2N)n(C2CCOCC2)c1=O. The second-order valence-corrected chi connectivity index (χ2v) is 8.02. The molecule has 0 bridgehead atoms. The molecule has 1 saturated heterocycles. The zero-order valence-electron chi connectivity index (χ0n) is 18.5. The van der Waals surface area contributed by atoms with Gasteiger partial charge < -0.3 is 26.0 Å². The van der Waals surface area contributed by atoms with Gasteiger partial charge in [-0.05, 0) is 31.0 Å². The molecule has 10 heteroatoms. The van der Waals surface area contributed by atoms with E-state index in [2.05, 4.69) is 4.98 Å². The summed E-state index contributed by atoms with van der Waals surface area (Å²) in [6.45, 7) is 1.46. The molecule has 5 N–H and O–H groups in total. The summed E-state index contributed by atoms with van der Waals surface area (Å²) in [6.07, 6.45) is 3.34. The Morgan fingerprint density at radius 1 is 1.24 bits per heavy atom. The number of rotatable bonds is 7. The Bertz CT molecular complexity index is 1180. The van der Waals surface area contributed by atoms with E-state index in [1.807, 2.05) is 0 Å². The highest BCUT2D eigenvalue weighted by molar-refractivity contribution is 5.85. The van der Waals surface area contributed by atoms with Gasteiger partial charge in [-0.15, -0.1) is 0 Å². The van der Waals surface area contributed by atoms with E-state index in [1.165, 1.54) is 16.8 Å². The molecular weight excluding hydrogens is 429 g/mol. The van der Waals surface area contributed by atoms with Gasteiger partial charge in [0.05, 0.1) is 12.3 Å². The first-order valence-electron chi connectivity index (χ1n) is 10.9. The average molecular weight is 458 g/mol. The van der Waals surface area contributed by atoms with Gasteiger partial charge in [-0.25, -0.2) is 14.2 Å². The summed E-state index contributed by atoms with van der Waals surface area (Å²) in [4.78, 5) is 17.2. The van der Waals surface area contributed by atoms with Gasteiger partial charge in [0.1, 0.15) is 11.6 Å². The van der Waals surface area contributed by atoms with Crippen molar-refractivity contribution in [1.29, 1.82) is 0 Å². The van der Waals surface area contributed by atoms with Crippen molar-refractivity contribution in [2.45, 2.75) is 25.3 Å². The third-order valence-corrected chi connectivity index (χ3v) is 5.89. The van der Waals surface area contributed by atoms with E-state index in [1.54, 1.807) is 29.8 Å². The summed E-state index contributed by atoms with van der Waals surface area (Å²) in [5.41, 5.74) is 14.3. The second kappa shape index (κ2) is 9.63. The zero-order valence-corrected chi connectivity index (χ0v) is 18.5. The number of pyridine rings is 1. The first-order chi connectivity index (χ1) is 15.9. The van der Waals surface area contributed by atoms with Gasteiger partial charge >= 0.3 is 5.69 Å². The van der Waals surface area contributed by atoms with Crippen LogP contribution < -0.4 is 21.9 Å². The average Bonchev–Trinajstić information content (AvgIpc) is 3.04. The number of imidazole rings is 1. The fourth-order valence-corrected chi connectivity index (χ4v) is 4.07. The molecule has 1 aliphatic rings. The molecule has 3 aromatic rings. The topological polar surface area (TPSA) is 131 Å². The van der Waals surface area contributed by atoms with E-state index in [0.717, 1.165) is 0 Å². The Hall–Kier alpha value is -3.37. The van der Waals surface area contributed by atoms with Crippen LogP contribution >= 0.6 is 0 Å². The van der Waals surface area contributed by atoms with Crippen LogP contribution in [-0.4, -0.2) is 45.7 Å². The van der Waals surface area contributed by atoms with Crippen molar-refractivity contribution < 1.29 is 19.0 Å². The number of aromatic nitrogens is 3. The fourth-order valence-electron chi connectivity index (χ4n) is 4.07. The van der Waals surface area contributed by atoms with E-state index in [9.17, 15) is 9.18 Å². The zero-order chi connectivity index (χ0) is 23.5. The van der Waals surface area contributed by atoms with E-state index in [4.69, 9.17) is 26.0 Å². The number of nitrogens with zero attached hydrogens (tertiary/aromatic N) is 3. The van der Waals surface area contributed by atoms with Crippen LogP contribution in [0.4, 0.5) is 15.9 Å². The first-order valence-corrected chi connectivity index (χ1v) is 10.9. The number of hydrogen-bond acceptors (Lipinski definition) is 7. The van der Waals surface area contributed by atoms with Gasteiger partial charge in [0.15, 0.2) is 0 Å². The third kappa shape index (κ3) is 4.44. The lowest BCUT2D eigenvalue weighted by Crippen LogP contribution is -2.30. The second-order valence-electron chi connectivity index (χ2n) is 8.02. The largest absolute Gasteiger partial charge is 0.478 e. The number of aliphatic hydroxyl groups excluding tert-OH is 1. The lowest BCUT2D eigenvalue weighted by molar-refractivity contribution is 0.0690. The monoisotopic (exact) mass is 457 g/mol. The molecule has 0 spiro atoms. The first kappa shape index (κ1) is 22.8. The Labute approximate surface area is 190 Å². The van der Waals surface area contributed by atoms with Crippen molar-refractivity contribution in [3.8, 4) is 28.3 Å². The maximum absolute atomic E-state index is 14.9. The van der Waals surface area contributed by atoms with Crippen molar-refractivity contribution in [1.82, 2.24) is 14.1 Å². The Balaban J connectivity index is 1.77. The molecule has 3 heterocycles. The van der Waals surface area contributed by atoms with Gasteiger partial charge in [0, 0.05) is 74.0 Å². The standard InChI is InChI=1S/C23H28FN5O4/c1-28-22(26)21(29(23(28)31)15-5-9-32-10-6-15)17-11-16(18(24)12-19(17)25)14-3-4-20(27-13-14)33-8-2-7-30/h3-4,11-13,15,30H,2,5-10,25-26H2,1H3. The molecule has 4 rings (SSSR count). The fraction of sp³-hybridized carbons (Fsp3) is 0.391. The number of halogens is 1. The summed E-state index contributed by atoms with van der Waals surface area (Å²) in [5, 5.41) is 8.86. The van der Waals surface area contributed by atoms with E-state index < -0.39 is 5.82 Å². The molecule has 0 unspecified atom stereocenters. The highest BCUT2D eigenvalue weighted by Crippen LogP contribution is 2.38. The van der Waals surface area contributed by atoms with Crippen LogP contribution in [-0.2, 0) is 11.8 Å². The summed E-state index contributed by atoms with van der Waals surface area (Å²) in [5.74, 6) is 0.131. The molecule has 33 heavy (non-hydrogen) atoms.